The van der Waals surface area contributed by atoms with Crippen molar-refractivity contribution in [3.05, 3.63) is 29.8 Å². The van der Waals surface area contributed by atoms with Crippen LogP contribution < -0.4 is 10.6 Å². The summed E-state index contributed by atoms with van der Waals surface area (Å²) in [6.45, 7) is 3.04. The van der Waals surface area contributed by atoms with Crippen LogP contribution in [0.1, 0.15) is 25.5 Å². The molecule has 1 aliphatic rings. The van der Waals surface area contributed by atoms with Gasteiger partial charge in [0.15, 0.2) is 0 Å². The number of carbonyl (C=O) groups is 3. The summed E-state index contributed by atoms with van der Waals surface area (Å²) in [5, 5.41) is 14.2. The Morgan fingerprint density at radius 1 is 1.38 bits per heavy atom. The van der Waals surface area contributed by atoms with E-state index < -0.39 is 30.0 Å². The number of carbonyl (C=O) groups excluding carboxylic acids is 3. The van der Waals surface area contributed by atoms with Gasteiger partial charge in [-0.2, -0.15) is 0 Å². The Morgan fingerprint density at radius 3 is 2.57 bits per heavy atom. The highest BCUT2D eigenvalue weighted by Gasteiger charge is 2.33. The van der Waals surface area contributed by atoms with E-state index in [0.29, 0.717) is 5.69 Å². The number of nitrogens with zero attached hydrogens (tertiary/aromatic N) is 1. The van der Waals surface area contributed by atoms with Crippen molar-refractivity contribution in [1.82, 2.24) is 10.2 Å². The van der Waals surface area contributed by atoms with Crippen molar-refractivity contribution in [3.63, 3.8) is 0 Å². The van der Waals surface area contributed by atoms with Crippen LogP contribution in [-0.4, -0.2) is 40.4 Å². The maximum atomic E-state index is 12.1. The summed E-state index contributed by atoms with van der Waals surface area (Å²) in [5.41, 5.74) is 1.25. The molecule has 1 aromatic rings. The van der Waals surface area contributed by atoms with Crippen LogP contribution in [0.15, 0.2) is 24.3 Å². The van der Waals surface area contributed by atoms with E-state index in [9.17, 15) is 19.5 Å². The average Bonchev–Trinajstić information content (AvgIpc) is 2.43. The maximum Gasteiger partial charge on any atom is 0.322 e. The summed E-state index contributed by atoms with van der Waals surface area (Å²) in [7, 11) is 0. The van der Waals surface area contributed by atoms with Gasteiger partial charge in [-0.05, 0) is 31.5 Å². The largest absolute Gasteiger partial charge is 0.389 e. The number of rotatable bonds is 2. The summed E-state index contributed by atoms with van der Waals surface area (Å²) < 4.78 is 0. The van der Waals surface area contributed by atoms with Gasteiger partial charge < -0.3 is 15.3 Å². The predicted molar refractivity (Wildman–Crippen MR) is 75.4 cm³/mol. The molecule has 0 radical (unpaired) electrons. The molecular formula is C14H17N3O4. The second kappa shape index (κ2) is 5.92. The molecule has 1 heterocycles. The van der Waals surface area contributed by atoms with Crippen molar-refractivity contribution in [2.75, 3.05) is 11.9 Å². The first-order chi connectivity index (χ1) is 9.88. The minimum Gasteiger partial charge on any atom is -0.389 e. The third-order valence-corrected chi connectivity index (χ3v) is 3.33. The fourth-order valence-electron chi connectivity index (χ4n) is 2.00. The Morgan fingerprint density at radius 2 is 2.00 bits per heavy atom. The van der Waals surface area contributed by atoms with Crippen LogP contribution >= 0.6 is 0 Å². The smallest absolute Gasteiger partial charge is 0.322 e. The predicted octanol–water partition coefficient (Wildman–Crippen LogP) is 0.619. The number of aliphatic hydroxyl groups excluding tert-OH is 1. The number of amides is 4. The van der Waals surface area contributed by atoms with Gasteiger partial charge >= 0.3 is 6.03 Å². The van der Waals surface area contributed by atoms with E-state index in [0.717, 1.165) is 5.56 Å². The molecule has 21 heavy (non-hydrogen) atoms. The molecule has 0 saturated carbocycles. The van der Waals surface area contributed by atoms with E-state index in [1.165, 1.54) is 4.90 Å². The fourth-order valence-corrected chi connectivity index (χ4v) is 2.00. The Bertz CT molecular complexity index is 568. The van der Waals surface area contributed by atoms with Gasteiger partial charge in [0.05, 0.1) is 6.10 Å². The molecule has 4 amide bonds. The highest BCUT2D eigenvalue weighted by atomic mass is 16.3. The van der Waals surface area contributed by atoms with Gasteiger partial charge in [0.25, 0.3) is 0 Å². The zero-order chi connectivity index (χ0) is 15.6. The molecule has 0 spiro atoms. The number of benzene rings is 1. The number of piperazine rings is 1. The highest BCUT2D eigenvalue weighted by molar-refractivity contribution is 6.05. The zero-order valence-electron chi connectivity index (χ0n) is 11.8. The summed E-state index contributed by atoms with van der Waals surface area (Å²) in [6.07, 6.45) is -0.585. The molecule has 1 saturated heterocycles. The van der Waals surface area contributed by atoms with E-state index in [-0.39, 0.29) is 6.54 Å². The Kier molecular flexibility index (Phi) is 4.23. The van der Waals surface area contributed by atoms with E-state index >= 15 is 0 Å². The molecule has 1 fully saturated rings. The first kappa shape index (κ1) is 15.0. The molecular weight excluding hydrogens is 274 g/mol. The van der Waals surface area contributed by atoms with Gasteiger partial charge in [0.1, 0.15) is 12.6 Å². The summed E-state index contributed by atoms with van der Waals surface area (Å²) in [5.74, 6) is -0.997. The molecule has 1 aliphatic heterocycles. The number of hydrogen-bond donors (Lipinski definition) is 3. The number of nitrogens with one attached hydrogen (secondary N) is 2. The lowest BCUT2D eigenvalue weighted by atomic mass is 10.1. The highest BCUT2D eigenvalue weighted by Crippen LogP contribution is 2.16. The number of aliphatic hydroxyl groups is 1. The lowest BCUT2D eigenvalue weighted by Crippen LogP contribution is -2.59. The number of urea groups is 1. The SMILES string of the molecule is CC(O)c1ccc(NC(=O)N2CC(=O)NC(=O)C2C)cc1. The molecule has 7 heteroatoms. The maximum absolute atomic E-state index is 12.1. The van der Waals surface area contributed by atoms with Crippen molar-refractivity contribution < 1.29 is 19.5 Å². The standard InChI is InChI=1S/C14H17N3O4/c1-8-13(20)16-12(19)7-17(8)14(21)15-11-5-3-10(4-6-11)9(2)18/h3-6,8-9,18H,7H2,1-2H3,(H,15,21)(H,16,19,20). The molecule has 1 aromatic carbocycles. The normalized spacial score (nSPS) is 20.0. The van der Waals surface area contributed by atoms with Crippen molar-refractivity contribution in [3.8, 4) is 0 Å². The van der Waals surface area contributed by atoms with Gasteiger partial charge in [-0.15, -0.1) is 0 Å². The van der Waals surface area contributed by atoms with Crippen LogP contribution in [0.4, 0.5) is 10.5 Å². The van der Waals surface area contributed by atoms with Crippen molar-refractivity contribution in [1.29, 1.82) is 0 Å². The van der Waals surface area contributed by atoms with Crippen LogP contribution in [0.25, 0.3) is 0 Å². The zero-order valence-corrected chi connectivity index (χ0v) is 11.8. The number of hydrogen-bond acceptors (Lipinski definition) is 4. The van der Waals surface area contributed by atoms with E-state index in [2.05, 4.69) is 10.6 Å². The summed E-state index contributed by atoms with van der Waals surface area (Å²) >= 11 is 0. The molecule has 2 rings (SSSR count). The average molecular weight is 291 g/mol. The van der Waals surface area contributed by atoms with Gasteiger partial charge in [0, 0.05) is 5.69 Å². The van der Waals surface area contributed by atoms with Crippen LogP contribution in [0.3, 0.4) is 0 Å². The molecule has 0 bridgehead atoms. The van der Waals surface area contributed by atoms with Crippen molar-refractivity contribution >= 4 is 23.5 Å². The van der Waals surface area contributed by atoms with Crippen LogP contribution in [0.2, 0.25) is 0 Å². The van der Waals surface area contributed by atoms with Gasteiger partial charge in [-0.3, -0.25) is 14.9 Å². The molecule has 2 atom stereocenters. The Hall–Kier alpha value is -2.41. The van der Waals surface area contributed by atoms with Gasteiger partial charge in [-0.25, -0.2) is 4.79 Å². The van der Waals surface area contributed by atoms with Gasteiger partial charge in [0.2, 0.25) is 11.8 Å². The van der Waals surface area contributed by atoms with E-state index in [4.69, 9.17) is 0 Å². The third kappa shape index (κ3) is 3.38. The van der Waals surface area contributed by atoms with Crippen LogP contribution in [0, 0.1) is 0 Å². The van der Waals surface area contributed by atoms with Crippen LogP contribution in [-0.2, 0) is 9.59 Å². The first-order valence-electron chi connectivity index (χ1n) is 6.58. The molecule has 3 N–H and O–H groups in total. The van der Waals surface area contributed by atoms with E-state index in [1.54, 1.807) is 38.1 Å². The minimum absolute atomic E-state index is 0.162. The molecule has 0 aromatic heterocycles. The van der Waals surface area contributed by atoms with Crippen molar-refractivity contribution in [2.24, 2.45) is 0 Å². The topological polar surface area (TPSA) is 98.7 Å². The lowest BCUT2D eigenvalue weighted by Gasteiger charge is -2.31. The number of anilines is 1. The Balaban J connectivity index is 2.06. The first-order valence-corrected chi connectivity index (χ1v) is 6.58. The van der Waals surface area contributed by atoms with Crippen LogP contribution in [0.5, 0.6) is 0 Å². The molecule has 0 aliphatic carbocycles. The second-order valence-corrected chi connectivity index (χ2v) is 4.94. The molecule has 7 nitrogen and oxygen atoms in total. The monoisotopic (exact) mass is 291 g/mol. The quantitative estimate of drug-likeness (QED) is 0.696. The van der Waals surface area contributed by atoms with Crippen molar-refractivity contribution in [2.45, 2.75) is 26.0 Å². The fraction of sp³-hybridized carbons (Fsp3) is 0.357. The summed E-state index contributed by atoms with van der Waals surface area (Å²) in [4.78, 5) is 36.1. The Labute approximate surface area is 121 Å². The number of imide groups is 1. The van der Waals surface area contributed by atoms with Gasteiger partial charge in [-0.1, -0.05) is 12.1 Å². The summed E-state index contributed by atoms with van der Waals surface area (Å²) in [6, 6.07) is 5.46. The molecule has 2 unspecified atom stereocenters. The van der Waals surface area contributed by atoms with E-state index in [1.807, 2.05) is 0 Å². The minimum atomic E-state index is -0.709. The second-order valence-electron chi connectivity index (χ2n) is 4.94. The lowest BCUT2D eigenvalue weighted by molar-refractivity contribution is -0.137. The molecule has 112 valence electrons. The third-order valence-electron chi connectivity index (χ3n) is 3.33.